The van der Waals surface area contributed by atoms with Crippen LogP contribution in [0.15, 0.2) is 30.5 Å². The van der Waals surface area contributed by atoms with Crippen molar-refractivity contribution >= 4 is 22.9 Å². The van der Waals surface area contributed by atoms with E-state index in [0.717, 1.165) is 37.6 Å². The van der Waals surface area contributed by atoms with Crippen LogP contribution in [-0.4, -0.2) is 35.7 Å². The summed E-state index contributed by atoms with van der Waals surface area (Å²) in [6.07, 6.45) is 6.14. The molecule has 0 bridgehead atoms. The minimum atomic E-state index is -0.480. The first kappa shape index (κ1) is 21.2. The number of para-hydroxylation sites is 1. The Morgan fingerprint density at radius 2 is 1.83 bits per heavy atom. The SMILES string of the molecule is CC(C)(C)OC(=O)NCC1CCC(C(=O)NCCc2c[nH]c3ccccc23)CC1. The van der Waals surface area contributed by atoms with Crippen LogP contribution in [0.1, 0.15) is 52.0 Å². The van der Waals surface area contributed by atoms with Crippen LogP contribution in [0.3, 0.4) is 0 Å². The minimum absolute atomic E-state index is 0.0794. The molecule has 1 fully saturated rings. The normalized spacial score (nSPS) is 19.7. The van der Waals surface area contributed by atoms with Gasteiger partial charge in [0.2, 0.25) is 5.91 Å². The number of fused-ring (bicyclic) bond motifs is 1. The maximum Gasteiger partial charge on any atom is 0.407 e. The van der Waals surface area contributed by atoms with E-state index in [4.69, 9.17) is 4.74 Å². The number of H-pyrrole nitrogens is 1. The van der Waals surface area contributed by atoms with E-state index in [0.29, 0.717) is 19.0 Å². The molecule has 6 heteroatoms. The second kappa shape index (κ2) is 9.33. The molecule has 1 aliphatic carbocycles. The van der Waals surface area contributed by atoms with Gasteiger partial charge in [0.25, 0.3) is 0 Å². The smallest absolute Gasteiger partial charge is 0.407 e. The lowest BCUT2D eigenvalue weighted by Crippen LogP contribution is -2.38. The number of nitrogens with one attached hydrogen (secondary N) is 3. The maximum absolute atomic E-state index is 12.5. The van der Waals surface area contributed by atoms with E-state index in [2.05, 4.69) is 27.8 Å². The molecule has 3 rings (SSSR count). The highest BCUT2D eigenvalue weighted by atomic mass is 16.6. The topological polar surface area (TPSA) is 83.2 Å². The third-order valence-corrected chi connectivity index (χ3v) is 5.52. The van der Waals surface area contributed by atoms with Gasteiger partial charge in [-0.25, -0.2) is 4.79 Å². The highest BCUT2D eigenvalue weighted by molar-refractivity contribution is 5.83. The van der Waals surface area contributed by atoms with Gasteiger partial charge in [0.05, 0.1) is 0 Å². The van der Waals surface area contributed by atoms with Crippen molar-refractivity contribution in [3.63, 3.8) is 0 Å². The van der Waals surface area contributed by atoms with Gasteiger partial charge >= 0.3 is 6.09 Å². The lowest BCUT2D eigenvalue weighted by Gasteiger charge is -2.28. The Morgan fingerprint density at radius 1 is 1.10 bits per heavy atom. The van der Waals surface area contributed by atoms with Crippen LogP contribution in [0.25, 0.3) is 10.9 Å². The Hall–Kier alpha value is -2.50. The lowest BCUT2D eigenvalue weighted by molar-refractivity contribution is -0.126. The summed E-state index contributed by atoms with van der Waals surface area (Å²) in [5, 5.41) is 7.18. The van der Waals surface area contributed by atoms with Crippen LogP contribution in [0.4, 0.5) is 4.79 Å². The first-order valence-electron chi connectivity index (χ1n) is 10.6. The summed E-state index contributed by atoms with van der Waals surface area (Å²) in [7, 11) is 0. The molecule has 2 amide bonds. The van der Waals surface area contributed by atoms with Crippen LogP contribution in [0, 0.1) is 11.8 Å². The van der Waals surface area contributed by atoms with Gasteiger partial charge in [-0.05, 0) is 70.4 Å². The number of rotatable bonds is 6. The molecule has 1 heterocycles. The largest absolute Gasteiger partial charge is 0.444 e. The van der Waals surface area contributed by atoms with Gasteiger partial charge in [-0.15, -0.1) is 0 Å². The molecule has 0 aliphatic heterocycles. The monoisotopic (exact) mass is 399 g/mol. The van der Waals surface area contributed by atoms with Crippen molar-refractivity contribution in [3.8, 4) is 0 Å². The lowest BCUT2D eigenvalue weighted by atomic mass is 9.81. The van der Waals surface area contributed by atoms with E-state index in [-0.39, 0.29) is 17.9 Å². The van der Waals surface area contributed by atoms with Gasteiger partial charge in [-0.1, -0.05) is 18.2 Å². The number of benzene rings is 1. The molecule has 2 aromatic rings. The predicted octanol–water partition coefficient (Wildman–Crippen LogP) is 4.16. The molecule has 0 atom stereocenters. The number of carbonyl (C=O) groups is 2. The van der Waals surface area contributed by atoms with Gasteiger partial charge in [0, 0.05) is 36.1 Å². The summed E-state index contributed by atoms with van der Waals surface area (Å²) in [6.45, 7) is 6.84. The van der Waals surface area contributed by atoms with Crippen LogP contribution in [0.5, 0.6) is 0 Å². The summed E-state index contributed by atoms with van der Waals surface area (Å²) >= 11 is 0. The van der Waals surface area contributed by atoms with Crippen molar-refractivity contribution in [2.75, 3.05) is 13.1 Å². The Bertz CT molecular complexity index is 829. The Labute approximate surface area is 172 Å². The Morgan fingerprint density at radius 3 is 2.55 bits per heavy atom. The summed E-state index contributed by atoms with van der Waals surface area (Å²) in [6, 6.07) is 8.22. The Kier molecular flexibility index (Phi) is 6.83. The number of carbonyl (C=O) groups excluding carboxylic acids is 2. The van der Waals surface area contributed by atoms with Gasteiger partial charge in [-0.3, -0.25) is 4.79 Å². The molecular weight excluding hydrogens is 366 g/mol. The van der Waals surface area contributed by atoms with Crippen molar-refractivity contribution in [1.82, 2.24) is 15.6 Å². The minimum Gasteiger partial charge on any atom is -0.444 e. The van der Waals surface area contributed by atoms with Gasteiger partial charge in [-0.2, -0.15) is 0 Å². The van der Waals surface area contributed by atoms with Crippen molar-refractivity contribution in [1.29, 1.82) is 0 Å². The number of hydrogen-bond donors (Lipinski definition) is 3. The van der Waals surface area contributed by atoms with E-state index in [1.165, 1.54) is 10.9 Å². The predicted molar refractivity (Wildman–Crippen MR) is 115 cm³/mol. The van der Waals surface area contributed by atoms with Crippen molar-refractivity contribution in [2.45, 2.75) is 58.5 Å². The second-order valence-corrected chi connectivity index (χ2v) is 9.00. The molecular formula is C23H33N3O3. The van der Waals surface area contributed by atoms with Gasteiger partial charge < -0.3 is 20.4 Å². The number of aromatic nitrogens is 1. The average molecular weight is 400 g/mol. The molecule has 3 N–H and O–H groups in total. The van der Waals surface area contributed by atoms with E-state index in [1.54, 1.807) is 0 Å². The zero-order chi connectivity index (χ0) is 20.9. The van der Waals surface area contributed by atoms with Crippen molar-refractivity contribution < 1.29 is 14.3 Å². The summed E-state index contributed by atoms with van der Waals surface area (Å²) < 4.78 is 5.27. The first-order valence-corrected chi connectivity index (χ1v) is 10.6. The number of ether oxygens (including phenoxy) is 1. The van der Waals surface area contributed by atoms with Gasteiger partial charge in [0.15, 0.2) is 0 Å². The molecule has 29 heavy (non-hydrogen) atoms. The fraction of sp³-hybridized carbons (Fsp3) is 0.565. The molecule has 0 spiro atoms. The van der Waals surface area contributed by atoms with Crippen LogP contribution in [0.2, 0.25) is 0 Å². The molecule has 1 saturated carbocycles. The summed E-state index contributed by atoms with van der Waals surface area (Å²) in [5.74, 6) is 0.650. The number of hydrogen-bond acceptors (Lipinski definition) is 3. The van der Waals surface area contributed by atoms with E-state index < -0.39 is 5.60 Å². The first-order chi connectivity index (χ1) is 13.8. The zero-order valence-electron chi connectivity index (χ0n) is 17.7. The number of aromatic amines is 1. The summed E-state index contributed by atoms with van der Waals surface area (Å²) in [5.41, 5.74) is 1.89. The van der Waals surface area contributed by atoms with Crippen LogP contribution >= 0.6 is 0 Å². The van der Waals surface area contributed by atoms with Crippen molar-refractivity contribution in [2.24, 2.45) is 11.8 Å². The van der Waals surface area contributed by atoms with Gasteiger partial charge in [0.1, 0.15) is 5.60 Å². The zero-order valence-corrected chi connectivity index (χ0v) is 17.7. The fourth-order valence-electron chi connectivity index (χ4n) is 3.97. The molecule has 0 unspecified atom stereocenters. The fourth-order valence-corrected chi connectivity index (χ4v) is 3.97. The van der Waals surface area contributed by atoms with E-state index in [1.807, 2.05) is 39.1 Å². The molecule has 158 valence electrons. The molecule has 1 aromatic heterocycles. The molecule has 0 saturated heterocycles. The third kappa shape index (κ3) is 6.24. The highest BCUT2D eigenvalue weighted by Gasteiger charge is 2.26. The second-order valence-electron chi connectivity index (χ2n) is 9.00. The van der Waals surface area contributed by atoms with Crippen LogP contribution in [-0.2, 0) is 16.0 Å². The Balaban J connectivity index is 1.35. The standard InChI is InChI=1S/C23H33N3O3/c1-23(2,3)29-22(28)26-14-16-8-10-17(11-9-16)21(27)24-13-12-18-15-25-20-7-5-4-6-19(18)20/h4-7,15-17,25H,8-14H2,1-3H3,(H,24,27)(H,26,28). The molecule has 6 nitrogen and oxygen atoms in total. The molecule has 1 aromatic carbocycles. The highest BCUT2D eigenvalue weighted by Crippen LogP contribution is 2.28. The maximum atomic E-state index is 12.5. The van der Waals surface area contributed by atoms with Crippen LogP contribution < -0.4 is 10.6 Å². The molecule has 1 aliphatic rings. The number of amides is 2. The number of alkyl carbamates (subject to hydrolysis) is 1. The third-order valence-electron chi connectivity index (χ3n) is 5.52. The summed E-state index contributed by atoms with van der Waals surface area (Å²) in [4.78, 5) is 27.6. The molecule has 0 radical (unpaired) electrons. The quantitative estimate of drug-likeness (QED) is 0.682. The average Bonchev–Trinajstić information content (AvgIpc) is 3.09. The van der Waals surface area contributed by atoms with E-state index in [9.17, 15) is 9.59 Å². The van der Waals surface area contributed by atoms with E-state index >= 15 is 0 Å². The van der Waals surface area contributed by atoms with Crippen molar-refractivity contribution in [3.05, 3.63) is 36.0 Å².